The van der Waals surface area contributed by atoms with Crippen molar-refractivity contribution in [1.82, 2.24) is 14.9 Å². The zero-order valence-electron chi connectivity index (χ0n) is 19.3. The van der Waals surface area contributed by atoms with E-state index in [1.807, 2.05) is 48.5 Å². The summed E-state index contributed by atoms with van der Waals surface area (Å²) >= 11 is 13.0. The Balaban J connectivity index is 0.00000108. The highest BCUT2D eigenvalue weighted by molar-refractivity contribution is 6.33. The molecule has 2 aromatic heterocycles. The van der Waals surface area contributed by atoms with Gasteiger partial charge in [-0.3, -0.25) is 14.2 Å². The Morgan fingerprint density at radius 1 is 1.00 bits per heavy atom. The summed E-state index contributed by atoms with van der Waals surface area (Å²) in [5.74, 6) is 0.657. The number of nitrogens with one attached hydrogen (secondary N) is 2. The molecule has 3 N–H and O–H groups in total. The Hall–Kier alpha value is -3.39. The van der Waals surface area contributed by atoms with Crippen molar-refractivity contribution in [2.24, 2.45) is 0 Å². The number of aromatic nitrogens is 2. The normalized spacial score (nSPS) is 10.7. The molecule has 182 valence electrons. The van der Waals surface area contributed by atoms with E-state index in [1.165, 1.54) is 6.07 Å². The summed E-state index contributed by atoms with van der Waals surface area (Å²) in [7, 11) is 0. The molecule has 0 spiro atoms. The lowest BCUT2D eigenvalue weighted by Gasteiger charge is -2.17. The molecule has 0 fully saturated rings. The number of anilines is 1. The van der Waals surface area contributed by atoms with Gasteiger partial charge in [-0.15, -0.1) is 0 Å². The lowest BCUT2D eigenvalue weighted by molar-refractivity contribution is -0.122. The van der Waals surface area contributed by atoms with Crippen molar-refractivity contribution in [2.45, 2.75) is 19.9 Å². The first-order valence-electron chi connectivity index (χ1n) is 11.0. The smallest absolute Gasteiger partial charge is 0.290 e. The third kappa shape index (κ3) is 6.39. The van der Waals surface area contributed by atoms with Crippen LogP contribution in [0, 0.1) is 0 Å². The maximum atomic E-state index is 13.0. The van der Waals surface area contributed by atoms with Crippen molar-refractivity contribution < 1.29 is 9.90 Å². The molecular formula is C26H26Cl2N4O3. The van der Waals surface area contributed by atoms with Crippen LogP contribution >= 0.6 is 23.2 Å². The van der Waals surface area contributed by atoms with E-state index in [1.54, 1.807) is 16.7 Å². The van der Waals surface area contributed by atoms with E-state index in [4.69, 9.17) is 38.1 Å². The molecule has 35 heavy (non-hydrogen) atoms. The minimum absolute atomic E-state index is 0.172. The van der Waals surface area contributed by atoms with Crippen LogP contribution in [0.4, 0.5) is 5.82 Å². The van der Waals surface area contributed by atoms with E-state index in [9.17, 15) is 4.79 Å². The molecular weight excluding hydrogens is 487 g/mol. The summed E-state index contributed by atoms with van der Waals surface area (Å²) in [5, 5.41) is 15.5. The fraction of sp³-hybridized carbons (Fsp3) is 0.192. The summed E-state index contributed by atoms with van der Waals surface area (Å²) in [6.07, 6.45) is 0. The van der Waals surface area contributed by atoms with E-state index in [2.05, 4.69) is 24.5 Å². The number of para-hydroxylation sites is 1. The molecule has 7 nitrogen and oxygen atoms in total. The van der Waals surface area contributed by atoms with Gasteiger partial charge in [-0.2, -0.15) is 0 Å². The monoisotopic (exact) mass is 512 g/mol. The number of nitrogens with zero attached hydrogens (tertiary/aromatic N) is 2. The minimum Gasteiger partial charge on any atom is -0.483 e. The summed E-state index contributed by atoms with van der Waals surface area (Å²) in [6, 6.07) is 20.5. The first-order valence-corrected chi connectivity index (χ1v) is 11.7. The summed E-state index contributed by atoms with van der Waals surface area (Å²) in [5.41, 5.74) is 2.65. The van der Waals surface area contributed by atoms with Gasteiger partial charge in [-0.25, -0.2) is 4.98 Å². The number of halogens is 2. The lowest BCUT2D eigenvalue weighted by Crippen LogP contribution is -2.28. The van der Waals surface area contributed by atoms with Crippen LogP contribution in [0.15, 0.2) is 71.5 Å². The minimum atomic E-state index is -0.250. The molecule has 0 aliphatic rings. The molecule has 0 amide bonds. The maximum absolute atomic E-state index is 13.0. The molecule has 0 aliphatic carbocycles. The Morgan fingerprint density at radius 3 is 2.31 bits per heavy atom. The van der Waals surface area contributed by atoms with Crippen molar-refractivity contribution in [3.8, 4) is 16.9 Å². The number of fused-ring (bicyclic) bond motifs is 1. The van der Waals surface area contributed by atoms with Crippen LogP contribution in [0.5, 0.6) is 0 Å². The number of benzene rings is 2. The third-order valence-electron chi connectivity index (χ3n) is 5.10. The second-order valence-corrected chi connectivity index (χ2v) is 8.68. The molecule has 4 rings (SSSR count). The Bertz CT molecular complexity index is 1370. The number of hydrogen-bond acceptors (Lipinski definition) is 5. The van der Waals surface area contributed by atoms with Gasteiger partial charge in [-0.05, 0) is 24.3 Å². The molecule has 9 heteroatoms. The van der Waals surface area contributed by atoms with Crippen molar-refractivity contribution in [3.05, 3.63) is 87.1 Å². The van der Waals surface area contributed by atoms with Gasteiger partial charge in [-0.1, -0.05) is 67.4 Å². The Kier molecular flexibility index (Phi) is 9.25. The second-order valence-electron chi connectivity index (χ2n) is 7.87. The van der Waals surface area contributed by atoms with Crippen LogP contribution in [0.1, 0.15) is 13.8 Å². The van der Waals surface area contributed by atoms with Crippen molar-refractivity contribution in [2.75, 3.05) is 18.4 Å². The van der Waals surface area contributed by atoms with Crippen molar-refractivity contribution in [1.29, 1.82) is 0 Å². The number of carbonyl (C=O) groups is 1. The van der Waals surface area contributed by atoms with Gasteiger partial charge >= 0.3 is 0 Å². The number of rotatable bonds is 7. The average Bonchev–Trinajstić information content (AvgIpc) is 2.83. The first kappa shape index (κ1) is 26.2. The molecule has 4 aromatic rings. The summed E-state index contributed by atoms with van der Waals surface area (Å²) < 4.78 is 1.62. The zero-order chi connectivity index (χ0) is 25.4. The van der Waals surface area contributed by atoms with Gasteiger partial charge in [0.15, 0.2) is 0 Å². The van der Waals surface area contributed by atoms with Crippen LogP contribution in [0.3, 0.4) is 0 Å². The molecule has 2 heterocycles. The molecule has 0 bridgehead atoms. The van der Waals surface area contributed by atoms with E-state index in [0.29, 0.717) is 45.3 Å². The molecule has 0 unspecified atom stereocenters. The fourth-order valence-electron chi connectivity index (χ4n) is 3.62. The highest BCUT2D eigenvalue weighted by atomic mass is 35.5. The molecule has 2 aromatic carbocycles. The van der Waals surface area contributed by atoms with Gasteiger partial charge < -0.3 is 15.7 Å². The highest BCUT2D eigenvalue weighted by Gasteiger charge is 2.16. The first-order chi connectivity index (χ1) is 16.9. The number of carboxylic acid groups (broad SMARTS) is 1. The molecule has 0 radical (unpaired) electrons. The third-order valence-corrected chi connectivity index (χ3v) is 5.75. The molecule has 0 saturated heterocycles. The van der Waals surface area contributed by atoms with Crippen LogP contribution in [0.25, 0.3) is 27.8 Å². The Labute approximate surface area is 213 Å². The predicted molar refractivity (Wildman–Crippen MR) is 143 cm³/mol. The van der Waals surface area contributed by atoms with Crippen LogP contribution < -0.4 is 16.2 Å². The van der Waals surface area contributed by atoms with Crippen LogP contribution in [-0.2, 0) is 4.79 Å². The standard InChI is InChI=1S/C25H24Cl2N4O.CH2O2/c1-16(2)28-13-14-29-23-15-22-18(25(30-23)17-7-3-4-8-19(17)26)11-12-24(32)31(22)21-10-6-5-9-20(21)27;2-1-3/h3-12,15-16,28H,13-14H2,1-2H3,(H,29,30);1H,(H,2,3). The van der Waals surface area contributed by atoms with Crippen molar-refractivity contribution in [3.63, 3.8) is 0 Å². The van der Waals surface area contributed by atoms with E-state index in [0.717, 1.165) is 17.5 Å². The topological polar surface area (TPSA) is 96.2 Å². The quantitative estimate of drug-likeness (QED) is 0.224. The largest absolute Gasteiger partial charge is 0.483 e. The molecule has 0 saturated carbocycles. The summed E-state index contributed by atoms with van der Waals surface area (Å²) in [6.45, 7) is 5.42. The lowest BCUT2D eigenvalue weighted by atomic mass is 10.1. The zero-order valence-corrected chi connectivity index (χ0v) is 20.8. The highest BCUT2D eigenvalue weighted by Crippen LogP contribution is 2.34. The SMILES string of the molecule is CC(C)NCCNc1cc2c(ccc(=O)n2-c2ccccc2Cl)c(-c2ccccc2Cl)n1.O=CO. The van der Waals surface area contributed by atoms with Gasteiger partial charge in [0, 0.05) is 47.2 Å². The van der Waals surface area contributed by atoms with Crippen LogP contribution in [-0.4, -0.2) is 40.3 Å². The van der Waals surface area contributed by atoms with Gasteiger partial charge in [0.05, 0.1) is 21.9 Å². The Morgan fingerprint density at radius 2 is 1.66 bits per heavy atom. The number of hydrogen-bond donors (Lipinski definition) is 3. The molecule has 0 atom stereocenters. The predicted octanol–water partition coefficient (Wildman–Crippen LogP) is 5.47. The molecule has 0 aliphatic heterocycles. The van der Waals surface area contributed by atoms with Gasteiger partial charge in [0.1, 0.15) is 5.82 Å². The van der Waals surface area contributed by atoms with E-state index in [-0.39, 0.29) is 12.0 Å². The second kappa shape index (κ2) is 12.4. The van der Waals surface area contributed by atoms with Gasteiger partial charge in [0.2, 0.25) is 0 Å². The van der Waals surface area contributed by atoms with Crippen LogP contribution in [0.2, 0.25) is 10.0 Å². The van der Waals surface area contributed by atoms with Gasteiger partial charge in [0.25, 0.3) is 12.0 Å². The average molecular weight is 513 g/mol. The maximum Gasteiger partial charge on any atom is 0.290 e. The fourth-order valence-corrected chi connectivity index (χ4v) is 4.07. The number of pyridine rings is 2. The van der Waals surface area contributed by atoms with E-state index >= 15 is 0 Å². The van der Waals surface area contributed by atoms with Crippen molar-refractivity contribution >= 4 is 46.4 Å². The summed E-state index contributed by atoms with van der Waals surface area (Å²) in [4.78, 5) is 26.2. The van der Waals surface area contributed by atoms with E-state index < -0.39 is 0 Å².